The summed E-state index contributed by atoms with van der Waals surface area (Å²) in [6, 6.07) is 1.73. The van der Waals surface area contributed by atoms with Crippen molar-refractivity contribution in [2.24, 2.45) is 5.41 Å². The van der Waals surface area contributed by atoms with E-state index < -0.39 is 5.60 Å². The summed E-state index contributed by atoms with van der Waals surface area (Å²) in [7, 11) is 0. The number of hydrogen-bond acceptors (Lipinski definition) is 4. The fourth-order valence-electron chi connectivity index (χ4n) is 2.69. The second kappa shape index (κ2) is 5.24. The van der Waals surface area contributed by atoms with Crippen molar-refractivity contribution < 1.29 is 9.53 Å². The van der Waals surface area contributed by atoms with Gasteiger partial charge in [0.1, 0.15) is 11.4 Å². The van der Waals surface area contributed by atoms with Crippen LogP contribution < -0.4 is 5.73 Å². The maximum Gasteiger partial charge on any atom is 0.410 e. The number of anilines is 1. The van der Waals surface area contributed by atoms with Gasteiger partial charge in [-0.05, 0) is 39.0 Å². The average molecular weight is 294 g/mol. The number of carbonyl (C=O) groups excluding carboxylic acids is 1. The molecule has 0 spiro atoms. The van der Waals surface area contributed by atoms with Gasteiger partial charge in [-0.25, -0.2) is 4.79 Å². The molecule has 3 N–H and O–H groups in total. The summed E-state index contributed by atoms with van der Waals surface area (Å²) in [5.74, 6) is 0.443. The lowest BCUT2D eigenvalue weighted by Crippen LogP contribution is -2.47. The van der Waals surface area contributed by atoms with Crippen LogP contribution in [0, 0.1) is 5.41 Å². The second-order valence-corrected chi connectivity index (χ2v) is 7.58. The van der Waals surface area contributed by atoms with Crippen molar-refractivity contribution in [2.75, 3.05) is 12.3 Å². The first-order valence-corrected chi connectivity index (χ1v) is 7.38. The smallest absolute Gasteiger partial charge is 0.410 e. The minimum Gasteiger partial charge on any atom is -0.444 e. The van der Waals surface area contributed by atoms with E-state index in [1.807, 2.05) is 20.8 Å². The number of hydrogen-bond donors (Lipinski definition) is 2. The molecule has 1 saturated heterocycles. The van der Waals surface area contributed by atoms with Crippen LogP contribution in [-0.2, 0) is 4.74 Å². The standard InChI is InChI=1S/C15H26N4O2/c1-14(2,3)21-13(20)19-9-15(4,5)7-6-11(19)10-8-12(16)18-17-10/h8,11H,6-7,9H2,1-5H3,(H3,16,17,18). The Morgan fingerprint density at radius 3 is 2.71 bits per heavy atom. The third-order valence-corrected chi connectivity index (χ3v) is 3.67. The number of nitrogens with one attached hydrogen (secondary N) is 1. The quantitative estimate of drug-likeness (QED) is 0.833. The van der Waals surface area contributed by atoms with Gasteiger partial charge in [0, 0.05) is 12.6 Å². The molecular weight excluding hydrogens is 268 g/mol. The molecule has 2 heterocycles. The van der Waals surface area contributed by atoms with Crippen LogP contribution >= 0.6 is 0 Å². The Balaban J connectivity index is 2.23. The van der Waals surface area contributed by atoms with Crippen molar-refractivity contribution in [1.29, 1.82) is 0 Å². The molecule has 6 nitrogen and oxygen atoms in total. The predicted molar refractivity (Wildman–Crippen MR) is 81.7 cm³/mol. The summed E-state index contributed by atoms with van der Waals surface area (Å²) in [5.41, 5.74) is 6.13. The number of piperidine rings is 1. The van der Waals surface area contributed by atoms with Gasteiger partial charge >= 0.3 is 6.09 Å². The fourth-order valence-corrected chi connectivity index (χ4v) is 2.69. The summed E-state index contributed by atoms with van der Waals surface area (Å²) in [6.45, 7) is 10.6. The highest BCUT2D eigenvalue weighted by atomic mass is 16.6. The molecule has 6 heteroatoms. The van der Waals surface area contributed by atoms with Crippen LogP contribution in [0.4, 0.5) is 10.6 Å². The first-order valence-electron chi connectivity index (χ1n) is 7.38. The van der Waals surface area contributed by atoms with Gasteiger partial charge in [-0.15, -0.1) is 0 Å². The number of amides is 1. The van der Waals surface area contributed by atoms with Crippen molar-refractivity contribution in [3.8, 4) is 0 Å². The molecule has 1 atom stereocenters. The molecule has 0 saturated carbocycles. The summed E-state index contributed by atoms with van der Waals surface area (Å²) in [6.07, 6.45) is 1.62. The summed E-state index contributed by atoms with van der Waals surface area (Å²) in [5, 5.41) is 6.90. The number of nitrogens with zero attached hydrogens (tertiary/aromatic N) is 2. The van der Waals surface area contributed by atoms with Crippen molar-refractivity contribution >= 4 is 11.9 Å². The lowest BCUT2D eigenvalue weighted by molar-refractivity contribution is -0.00862. The molecule has 0 aromatic carbocycles. The zero-order chi connectivity index (χ0) is 15.8. The Kier molecular flexibility index (Phi) is 3.91. The van der Waals surface area contributed by atoms with Gasteiger partial charge in [0.2, 0.25) is 0 Å². The van der Waals surface area contributed by atoms with E-state index in [9.17, 15) is 4.79 Å². The molecule has 1 aromatic heterocycles. The third-order valence-electron chi connectivity index (χ3n) is 3.67. The second-order valence-electron chi connectivity index (χ2n) is 7.58. The Labute approximate surface area is 126 Å². The van der Waals surface area contributed by atoms with Crippen LogP contribution in [0.15, 0.2) is 6.07 Å². The van der Waals surface area contributed by atoms with Crippen LogP contribution in [0.1, 0.15) is 59.2 Å². The molecule has 0 bridgehead atoms. The molecule has 1 aliphatic heterocycles. The van der Waals surface area contributed by atoms with Gasteiger partial charge in [0.25, 0.3) is 0 Å². The van der Waals surface area contributed by atoms with Crippen molar-refractivity contribution in [3.63, 3.8) is 0 Å². The van der Waals surface area contributed by atoms with Crippen LogP contribution in [0.5, 0.6) is 0 Å². The fraction of sp³-hybridized carbons (Fsp3) is 0.733. The van der Waals surface area contributed by atoms with E-state index in [-0.39, 0.29) is 17.6 Å². The lowest BCUT2D eigenvalue weighted by Gasteiger charge is -2.43. The highest BCUT2D eigenvalue weighted by molar-refractivity contribution is 5.69. The average Bonchev–Trinajstić information content (AvgIpc) is 2.72. The first-order chi connectivity index (χ1) is 9.57. The molecule has 1 aliphatic rings. The minimum absolute atomic E-state index is 0.0577. The molecular formula is C15H26N4O2. The number of likely N-dealkylation sites (tertiary alicyclic amines) is 1. The number of rotatable bonds is 1. The van der Waals surface area contributed by atoms with E-state index in [2.05, 4.69) is 24.0 Å². The molecule has 1 fully saturated rings. The van der Waals surface area contributed by atoms with Crippen molar-refractivity contribution in [2.45, 2.75) is 59.1 Å². The zero-order valence-electron chi connectivity index (χ0n) is 13.6. The number of nitrogen functional groups attached to an aromatic ring is 1. The summed E-state index contributed by atoms with van der Waals surface area (Å²) < 4.78 is 5.55. The molecule has 0 radical (unpaired) electrons. The highest BCUT2D eigenvalue weighted by Crippen LogP contribution is 2.39. The molecule has 0 aliphatic carbocycles. The number of H-pyrrole nitrogens is 1. The highest BCUT2D eigenvalue weighted by Gasteiger charge is 2.39. The van der Waals surface area contributed by atoms with Gasteiger partial charge in [-0.1, -0.05) is 13.8 Å². The maximum atomic E-state index is 12.5. The molecule has 1 aromatic rings. The normalized spacial score (nSPS) is 22.1. The van der Waals surface area contributed by atoms with Crippen LogP contribution in [0.25, 0.3) is 0 Å². The molecule has 1 amide bonds. The van der Waals surface area contributed by atoms with Crippen LogP contribution in [0.2, 0.25) is 0 Å². The lowest BCUT2D eigenvalue weighted by atomic mass is 9.80. The van der Waals surface area contributed by atoms with Gasteiger partial charge in [-0.3, -0.25) is 10.00 Å². The van der Waals surface area contributed by atoms with E-state index in [0.717, 1.165) is 18.5 Å². The number of ether oxygens (including phenoxy) is 1. The van der Waals surface area contributed by atoms with E-state index in [4.69, 9.17) is 10.5 Å². The van der Waals surface area contributed by atoms with Crippen LogP contribution in [-0.4, -0.2) is 33.3 Å². The van der Waals surface area contributed by atoms with Gasteiger partial charge in [0.05, 0.1) is 11.7 Å². The van der Waals surface area contributed by atoms with Gasteiger partial charge in [0.15, 0.2) is 0 Å². The predicted octanol–water partition coefficient (Wildman–Crippen LogP) is 3.09. The van der Waals surface area contributed by atoms with E-state index in [1.165, 1.54) is 0 Å². The zero-order valence-corrected chi connectivity index (χ0v) is 13.6. The Bertz CT molecular complexity index is 516. The summed E-state index contributed by atoms with van der Waals surface area (Å²) >= 11 is 0. The molecule has 118 valence electrons. The number of nitrogens with two attached hydrogens (primary N) is 1. The summed E-state index contributed by atoms with van der Waals surface area (Å²) in [4.78, 5) is 14.3. The Hall–Kier alpha value is -1.72. The first kappa shape index (κ1) is 15.7. The van der Waals surface area contributed by atoms with E-state index in [0.29, 0.717) is 12.4 Å². The van der Waals surface area contributed by atoms with Crippen LogP contribution in [0.3, 0.4) is 0 Å². The van der Waals surface area contributed by atoms with Crippen molar-refractivity contribution in [1.82, 2.24) is 15.1 Å². The van der Waals surface area contributed by atoms with E-state index in [1.54, 1.807) is 11.0 Å². The molecule has 1 unspecified atom stereocenters. The topological polar surface area (TPSA) is 84.2 Å². The van der Waals surface area contributed by atoms with E-state index >= 15 is 0 Å². The number of aromatic amines is 1. The number of aromatic nitrogens is 2. The SMILES string of the molecule is CC1(C)CCC(c2cc(N)n[nH]2)N(C(=O)OC(C)(C)C)C1. The third kappa shape index (κ3) is 3.89. The maximum absolute atomic E-state index is 12.5. The molecule has 21 heavy (non-hydrogen) atoms. The minimum atomic E-state index is -0.504. The van der Waals surface area contributed by atoms with Crippen molar-refractivity contribution in [3.05, 3.63) is 11.8 Å². The molecule has 2 rings (SSSR count). The largest absolute Gasteiger partial charge is 0.444 e. The van der Waals surface area contributed by atoms with Gasteiger partial charge in [-0.2, -0.15) is 5.10 Å². The van der Waals surface area contributed by atoms with Gasteiger partial charge < -0.3 is 10.5 Å². The Morgan fingerprint density at radius 1 is 1.52 bits per heavy atom. The number of carbonyl (C=O) groups is 1. The Morgan fingerprint density at radius 2 is 2.19 bits per heavy atom. The monoisotopic (exact) mass is 294 g/mol.